The average Bonchev–Trinajstić information content (AvgIpc) is 2.66. The summed E-state index contributed by atoms with van der Waals surface area (Å²) in [4.78, 5) is -0.0697. The lowest BCUT2D eigenvalue weighted by atomic mass is 10.1. The minimum Gasteiger partial charge on any atom is -0.229 e. The van der Waals surface area contributed by atoms with Crippen LogP contribution < -0.4 is 4.72 Å². The Bertz CT molecular complexity index is 718. The molecule has 0 radical (unpaired) electrons. The highest BCUT2D eigenvalue weighted by Crippen LogP contribution is 2.23. The van der Waals surface area contributed by atoms with Crippen LogP contribution in [-0.4, -0.2) is 34.9 Å². The minimum absolute atomic E-state index is 0.000107. The molecule has 0 aliphatic carbocycles. The first kappa shape index (κ1) is 15.9. The van der Waals surface area contributed by atoms with Crippen molar-refractivity contribution >= 4 is 35.8 Å². The maximum absolute atomic E-state index is 12.9. The summed E-state index contributed by atoms with van der Waals surface area (Å²) < 4.78 is 62.2. The van der Waals surface area contributed by atoms with Crippen molar-refractivity contribution in [3.63, 3.8) is 0 Å². The number of benzene rings is 1. The van der Waals surface area contributed by atoms with Gasteiger partial charge in [0.25, 0.3) is 0 Å². The van der Waals surface area contributed by atoms with E-state index < -0.39 is 25.7 Å². The lowest BCUT2D eigenvalue weighted by molar-refractivity contribution is 0.542. The summed E-state index contributed by atoms with van der Waals surface area (Å²) in [5, 5.41) is 0. The van der Waals surface area contributed by atoms with Crippen LogP contribution in [0.4, 0.5) is 4.39 Å². The van der Waals surface area contributed by atoms with Gasteiger partial charge in [-0.05, 0) is 46.5 Å². The molecule has 1 atom stereocenters. The Labute approximate surface area is 125 Å². The van der Waals surface area contributed by atoms with Gasteiger partial charge in [0.05, 0.1) is 16.4 Å². The summed E-state index contributed by atoms with van der Waals surface area (Å²) in [5.41, 5.74) is 0. The van der Waals surface area contributed by atoms with E-state index in [1.807, 2.05) is 0 Å². The third-order valence-electron chi connectivity index (χ3n) is 3.07. The molecule has 0 saturated carbocycles. The van der Waals surface area contributed by atoms with Crippen molar-refractivity contribution in [3.8, 4) is 0 Å². The van der Waals surface area contributed by atoms with Gasteiger partial charge in [0.15, 0.2) is 9.84 Å². The van der Waals surface area contributed by atoms with Gasteiger partial charge in [-0.1, -0.05) is 0 Å². The van der Waals surface area contributed by atoms with E-state index in [1.54, 1.807) is 0 Å². The van der Waals surface area contributed by atoms with E-state index in [0.717, 1.165) is 18.2 Å². The minimum atomic E-state index is -3.79. The van der Waals surface area contributed by atoms with Crippen molar-refractivity contribution < 1.29 is 21.2 Å². The van der Waals surface area contributed by atoms with E-state index in [-0.39, 0.29) is 33.3 Å². The summed E-state index contributed by atoms with van der Waals surface area (Å²) in [6.45, 7) is 0.0609. The molecular formula is C11H13BrFNO4S2. The second-order valence-electron chi connectivity index (χ2n) is 4.70. The number of hydrogen-bond acceptors (Lipinski definition) is 4. The summed E-state index contributed by atoms with van der Waals surface area (Å²) in [6.07, 6.45) is 0.454. The Morgan fingerprint density at radius 1 is 1.40 bits per heavy atom. The molecule has 5 nitrogen and oxygen atoms in total. The second-order valence-corrected chi connectivity index (χ2v) is 9.51. The zero-order chi connectivity index (χ0) is 15.0. The summed E-state index contributed by atoms with van der Waals surface area (Å²) in [5.74, 6) is -0.661. The molecule has 0 amide bonds. The standard InChI is InChI=1S/C11H13BrFNO4S2/c12-10-5-9(13)1-2-11(10)20(17,18)14-6-8-3-4-19(15,16)7-8/h1-2,5,8,14H,3-4,6-7H2. The summed E-state index contributed by atoms with van der Waals surface area (Å²) in [7, 11) is -6.83. The molecule has 1 heterocycles. The predicted octanol–water partition coefficient (Wildman–Crippen LogP) is 1.30. The number of sulfonamides is 1. The van der Waals surface area contributed by atoms with Crippen molar-refractivity contribution in [2.75, 3.05) is 18.1 Å². The van der Waals surface area contributed by atoms with Crippen LogP contribution in [0.5, 0.6) is 0 Å². The molecule has 9 heteroatoms. The van der Waals surface area contributed by atoms with Gasteiger partial charge in [0, 0.05) is 11.0 Å². The van der Waals surface area contributed by atoms with Gasteiger partial charge >= 0.3 is 0 Å². The molecule has 1 fully saturated rings. The van der Waals surface area contributed by atoms with Crippen LogP contribution in [0, 0.1) is 11.7 Å². The first-order chi connectivity index (χ1) is 9.20. The summed E-state index contributed by atoms with van der Waals surface area (Å²) in [6, 6.07) is 3.28. The molecule has 0 bridgehead atoms. The van der Waals surface area contributed by atoms with Gasteiger partial charge in [0.1, 0.15) is 5.82 Å². The zero-order valence-corrected chi connectivity index (χ0v) is 13.6. The molecule has 1 aliphatic heterocycles. The fourth-order valence-corrected chi connectivity index (χ4v) is 6.06. The fraction of sp³-hybridized carbons (Fsp3) is 0.455. The average molecular weight is 386 g/mol. The van der Waals surface area contributed by atoms with E-state index >= 15 is 0 Å². The molecule has 1 saturated heterocycles. The Morgan fingerprint density at radius 3 is 2.65 bits per heavy atom. The Balaban J connectivity index is 2.08. The van der Waals surface area contributed by atoms with E-state index in [9.17, 15) is 21.2 Å². The van der Waals surface area contributed by atoms with Crippen molar-refractivity contribution in [1.82, 2.24) is 4.72 Å². The Hall–Kier alpha value is -0.510. The normalized spacial score (nSPS) is 22.0. The fourth-order valence-electron chi connectivity index (χ4n) is 2.03. The van der Waals surface area contributed by atoms with Crippen LogP contribution in [0.15, 0.2) is 27.6 Å². The van der Waals surface area contributed by atoms with Crippen molar-refractivity contribution in [1.29, 1.82) is 0 Å². The number of sulfone groups is 1. The first-order valence-corrected chi connectivity index (χ1v) is 9.94. The molecule has 1 N–H and O–H groups in total. The zero-order valence-electron chi connectivity index (χ0n) is 10.3. The lowest BCUT2D eigenvalue weighted by Crippen LogP contribution is -2.30. The van der Waals surface area contributed by atoms with Gasteiger partial charge in [-0.25, -0.2) is 25.9 Å². The van der Waals surface area contributed by atoms with Crippen LogP contribution in [0.1, 0.15) is 6.42 Å². The first-order valence-electron chi connectivity index (χ1n) is 5.85. The van der Waals surface area contributed by atoms with E-state index in [4.69, 9.17) is 0 Å². The van der Waals surface area contributed by atoms with Gasteiger partial charge in [-0.15, -0.1) is 0 Å². The van der Waals surface area contributed by atoms with Crippen molar-refractivity contribution in [2.45, 2.75) is 11.3 Å². The van der Waals surface area contributed by atoms with E-state index in [0.29, 0.717) is 6.42 Å². The second kappa shape index (κ2) is 5.70. The Morgan fingerprint density at radius 2 is 2.10 bits per heavy atom. The van der Waals surface area contributed by atoms with Crippen LogP contribution in [0.25, 0.3) is 0 Å². The molecule has 1 aromatic rings. The SMILES string of the molecule is O=S1(=O)CCC(CNS(=O)(=O)c2ccc(F)cc2Br)C1. The van der Waals surface area contributed by atoms with E-state index in [1.165, 1.54) is 0 Å². The lowest BCUT2D eigenvalue weighted by Gasteiger charge is -2.11. The third kappa shape index (κ3) is 3.78. The van der Waals surface area contributed by atoms with Gasteiger partial charge in [-0.3, -0.25) is 0 Å². The van der Waals surface area contributed by atoms with Gasteiger partial charge in [-0.2, -0.15) is 0 Å². The molecule has 0 spiro atoms. The molecule has 1 aliphatic rings. The quantitative estimate of drug-likeness (QED) is 0.846. The van der Waals surface area contributed by atoms with Crippen LogP contribution in [0.2, 0.25) is 0 Å². The van der Waals surface area contributed by atoms with Crippen LogP contribution >= 0.6 is 15.9 Å². The molecule has 0 aromatic heterocycles. The molecule has 20 heavy (non-hydrogen) atoms. The largest absolute Gasteiger partial charge is 0.241 e. The topological polar surface area (TPSA) is 80.3 Å². The highest BCUT2D eigenvalue weighted by Gasteiger charge is 2.29. The number of rotatable bonds is 4. The number of nitrogens with one attached hydrogen (secondary N) is 1. The summed E-state index contributed by atoms with van der Waals surface area (Å²) >= 11 is 3.00. The number of halogens is 2. The molecular weight excluding hydrogens is 373 g/mol. The Kier molecular flexibility index (Phi) is 4.53. The molecule has 1 unspecified atom stereocenters. The van der Waals surface area contributed by atoms with Gasteiger partial charge < -0.3 is 0 Å². The van der Waals surface area contributed by atoms with Crippen LogP contribution in [0.3, 0.4) is 0 Å². The monoisotopic (exact) mass is 385 g/mol. The smallest absolute Gasteiger partial charge is 0.229 e. The highest BCUT2D eigenvalue weighted by atomic mass is 79.9. The van der Waals surface area contributed by atoms with E-state index in [2.05, 4.69) is 20.7 Å². The van der Waals surface area contributed by atoms with Crippen molar-refractivity contribution in [2.24, 2.45) is 5.92 Å². The third-order valence-corrected chi connectivity index (χ3v) is 7.31. The van der Waals surface area contributed by atoms with Crippen molar-refractivity contribution in [3.05, 3.63) is 28.5 Å². The molecule has 1 aromatic carbocycles. The van der Waals surface area contributed by atoms with Crippen LogP contribution in [-0.2, 0) is 19.9 Å². The van der Waals surface area contributed by atoms with Gasteiger partial charge in [0.2, 0.25) is 10.0 Å². The maximum atomic E-state index is 12.9. The highest BCUT2D eigenvalue weighted by molar-refractivity contribution is 9.10. The molecule has 2 rings (SSSR count). The maximum Gasteiger partial charge on any atom is 0.241 e. The molecule has 112 valence electrons. The number of hydrogen-bond donors (Lipinski definition) is 1. The predicted molar refractivity (Wildman–Crippen MR) is 76.0 cm³/mol.